The van der Waals surface area contributed by atoms with E-state index in [9.17, 15) is 0 Å². The van der Waals surface area contributed by atoms with Crippen molar-refractivity contribution < 1.29 is 4.42 Å². The standard InChI is InChI=1S/C39H23N3OS/c1-6-21-35-29(14-1)30-16-9-15-28(38(30)44-35)24-10-7-11-25(22-24)36-37(41-32-18-3-2-17-31(32)40-36)26-12-8-13-27(23-26)39-42-33-19-4-5-20-34(33)43-39/h1-23H. The van der Waals surface area contributed by atoms with Crippen molar-refractivity contribution in [2.24, 2.45) is 0 Å². The summed E-state index contributed by atoms with van der Waals surface area (Å²) in [5, 5.41) is 2.59. The molecule has 9 aromatic rings. The van der Waals surface area contributed by atoms with Crippen LogP contribution in [0.5, 0.6) is 0 Å². The van der Waals surface area contributed by atoms with E-state index in [4.69, 9.17) is 19.4 Å². The minimum absolute atomic E-state index is 0.585. The van der Waals surface area contributed by atoms with E-state index in [1.807, 2.05) is 72.0 Å². The summed E-state index contributed by atoms with van der Waals surface area (Å²) in [6.07, 6.45) is 0. The van der Waals surface area contributed by atoms with Gasteiger partial charge in [0.15, 0.2) is 5.58 Å². The topological polar surface area (TPSA) is 51.8 Å². The smallest absolute Gasteiger partial charge is 0.227 e. The van der Waals surface area contributed by atoms with Gasteiger partial charge in [0.1, 0.15) is 5.52 Å². The van der Waals surface area contributed by atoms with Gasteiger partial charge in [0.2, 0.25) is 5.89 Å². The maximum absolute atomic E-state index is 6.11. The summed E-state index contributed by atoms with van der Waals surface area (Å²) < 4.78 is 8.70. The van der Waals surface area contributed by atoms with Crippen LogP contribution in [0.4, 0.5) is 0 Å². The first-order chi connectivity index (χ1) is 21.8. The van der Waals surface area contributed by atoms with Crippen molar-refractivity contribution in [2.75, 3.05) is 0 Å². The van der Waals surface area contributed by atoms with Crippen LogP contribution in [0.25, 0.3) is 87.4 Å². The molecule has 9 rings (SSSR count). The number of nitrogens with zero attached hydrogens (tertiary/aromatic N) is 3. The molecule has 0 fully saturated rings. The van der Waals surface area contributed by atoms with E-state index in [1.165, 1.54) is 25.7 Å². The molecule has 0 N–H and O–H groups in total. The van der Waals surface area contributed by atoms with Crippen LogP contribution in [-0.4, -0.2) is 15.0 Å². The maximum atomic E-state index is 6.11. The van der Waals surface area contributed by atoms with Crippen LogP contribution in [-0.2, 0) is 0 Å². The van der Waals surface area contributed by atoms with Gasteiger partial charge in [-0.05, 0) is 59.7 Å². The van der Waals surface area contributed by atoms with Crippen molar-refractivity contribution in [3.63, 3.8) is 0 Å². The number of aromatic nitrogens is 3. The second-order valence-corrected chi connectivity index (χ2v) is 11.9. The molecule has 0 amide bonds. The lowest BCUT2D eigenvalue weighted by Crippen LogP contribution is -1.96. The highest BCUT2D eigenvalue weighted by Crippen LogP contribution is 2.41. The molecule has 3 aromatic heterocycles. The summed E-state index contributed by atoms with van der Waals surface area (Å²) in [4.78, 5) is 15.1. The fraction of sp³-hybridized carbons (Fsp3) is 0. The van der Waals surface area contributed by atoms with Crippen molar-refractivity contribution in [1.82, 2.24) is 15.0 Å². The lowest BCUT2D eigenvalue weighted by molar-refractivity contribution is 0.620. The van der Waals surface area contributed by atoms with E-state index in [2.05, 4.69) is 78.9 Å². The third-order valence-electron chi connectivity index (χ3n) is 8.10. The van der Waals surface area contributed by atoms with Crippen LogP contribution >= 0.6 is 11.3 Å². The van der Waals surface area contributed by atoms with E-state index in [0.717, 1.165) is 55.8 Å². The predicted molar refractivity (Wildman–Crippen MR) is 182 cm³/mol. The zero-order valence-electron chi connectivity index (χ0n) is 23.4. The molecule has 4 nitrogen and oxygen atoms in total. The number of oxazole rings is 1. The maximum Gasteiger partial charge on any atom is 0.227 e. The number of fused-ring (bicyclic) bond motifs is 5. The molecule has 6 aromatic carbocycles. The van der Waals surface area contributed by atoms with Gasteiger partial charge in [-0.25, -0.2) is 15.0 Å². The Balaban J connectivity index is 1.22. The van der Waals surface area contributed by atoms with Crippen LogP contribution in [0.2, 0.25) is 0 Å². The summed E-state index contributed by atoms with van der Waals surface area (Å²) in [5.41, 5.74) is 10.2. The Morgan fingerprint density at radius 1 is 0.455 bits per heavy atom. The fourth-order valence-corrected chi connectivity index (χ4v) is 7.24. The summed E-state index contributed by atoms with van der Waals surface area (Å²) >= 11 is 1.84. The largest absolute Gasteiger partial charge is 0.436 e. The molecule has 0 radical (unpaired) electrons. The second-order valence-electron chi connectivity index (χ2n) is 10.8. The van der Waals surface area contributed by atoms with Gasteiger partial charge >= 0.3 is 0 Å². The van der Waals surface area contributed by atoms with E-state index >= 15 is 0 Å². The average Bonchev–Trinajstić information content (AvgIpc) is 3.70. The molecule has 0 unspecified atom stereocenters. The molecule has 0 aliphatic carbocycles. The van der Waals surface area contributed by atoms with Crippen molar-refractivity contribution in [3.8, 4) is 45.1 Å². The Morgan fingerprint density at radius 3 is 1.82 bits per heavy atom. The van der Waals surface area contributed by atoms with E-state index in [0.29, 0.717) is 5.89 Å². The number of hydrogen-bond donors (Lipinski definition) is 0. The van der Waals surface area contributed by atoms with Gasteiger partial charge in [-0.15, -0.1) is 11.3 Å². The molecule has 0 saturated carbocycles. The zero-order chi connectivity index (χ0) is 29.0. The van der Waals surface area contributed by atoms with E-state index in [1.54, 1.807) is 0 Å². The van der Waals surface area contributed by atoms with E-state index < -0.39 is 0 Å². The first-order valence-corrected chi connectivity index (χ1v) is 15.3. The van der Waals surface area contributed by atoms with Gasteiger partial charge in [0.05, 0.1) is 22.4 Å². The van der Waals surface area contributed by atoms with Crippen LogP contribution in [0, 0.1) is 0 Å². The lowest BCUT2D eigenvalue weighted by atomic mass is 9.97. The summed E-state index contributed by atoms with van der Waals surface area (Å²) in [6, 6.07) is 48.0. The third kappa shape index (κ3) is 4.09. The number of para-hydroxylation sites is 4. The molecule has 0 spiro atoms. The van der Waals surface area contributed by atoms with Gasteiger partial charge in [0.25, 0.3) is 0 Å². The van der Waals surface area contributed by atoms with Crippen molar-refractivity contribution in [1.29, 1.82) is 0 Å². The minimum atomic E-state index is 0.585. The van der Waals surface area contributed by atoms with Crippen molar-refractivity contribution in [2.45, 2.75) is 0 Å². The van der Waals surface area contributed by atoms with Gasteiger partial charge in [-0.2, -0.15) is 0 Å². The van der Waals surface area contributed by atoms with Gasteiger partial charge < -0.3 is 4.42 Å². The normalized spacial score (nSPS) is 11.6. The van der Waals surface area contributed by atoms with Crippen LogP contribution < -0.4 is 0 Å². The number of thiophene rings is 1. The van der Waals surface area contributed by atoms with E-state index in [-0.39, 0.29) is 0 Å². The quantitative estimate of drug-likeness (QED) is 0.207. The van der Waals surface area contributed by atoms with Crippen molar-refractivity contribution in [3.05, 3.63) is 140 Å². The molecule has 44 heavy (non-hydrogen) atoms. The summed E-state index contributed by atoms with van der Waals surface area (Å²) in [5.74, 6) is 0.585. The SMILES string of the molecule is c1cc(-c2nc3ccccc3o2)cc(-c2nc3ccccc3nc2-c2cccc(-c3cccc4c3sc3ccccc34)c2)c1. The average molecular weight is 582 g/mol. The van der Waals surface area contributed by atoms with Gasteiger partial charge in [-0.3, -0.25) is 0 Å². The van der Waals surface area contributed by atoms with Gasteiger partial charge in [0, 0.05) is 36.9 Å². The molecule has 0 atom stereocenters. The molecule has 0 aliphatic rings. The van der Waals surface area contributed by atoms with Crippen molar-refractivity contribution >= 4 is 53.6 Å². The lowest BCUT2D eigenvalue weighted by Gasteiger charge is -2.13. The summed E-state index contributed by atoms with van der Waals surface area (Å²) in [7, 11) is 0. The first kappa shape index (κ1) is 24.9. The summed E-state index contributed by atoms with van der Waals surface area (Å²) in [6.45, 7) is 0. The van der Waals surface area contributed by atoms with Crippen LogP contribution in [0.15, 0.2) is 144 Å². The Hall–Kier alpha value is -5.65. The highest BCUT2D eigenvalue weighted by atomic mass is 32.1. The monoisotopic (exact) mass is 581 g/mol. The number of benzene rings is 6. The van der Waals surface area contributed by atoms with Crippen LogP contribution in [0.1, 0.15) is 0 Å². The molecule has 5 heteroatoms. The Bertz CT molecular complexity index is 2490. The Labute approximate surface area is 256 Å². The molecule has 206 valence electrons. The first-order valence-electron chi connectivity index (χ1n) is 14.5. The highest BCUT2D eigenvalue weighted by molar-refractivity contribution is 7.26. The highest BCUT2D eigenvalue weighted by Gasteiger charge is 2.17. The molecular weight excluding hydrogens is 559 g/mol. The molecular formula is C39H23N3OS. The predicted octanol–water partition coefficient (Wildman–Crippen LogP) is 10.8. The zero-order valence-corrected chi connectivity index (χ0v) is 24.3. The molecule has 0 bridgehead atoms. The third-order valence-corrected chi connectivity index (χ3v) is 9.32. The number of rotatable bonds is 4. The Kier molecular flexibility index (Phi) is 5.64. The Morgan fingerprint density at radius 2 is 1.05 bits per heavy atom. The fourth-order valence-electron chi connectivity index (χ4n) is 6.01. The van der Waals surface area contributed by atoms with Crippen LogP contribution in [0.3, 0.4) is 0 Å². The minimum Gasteiger partial charge on any atom is -0.436 e. The molecule has 0 saturated heterocycles. The number of hydrogen-bond acceptors (Lipinski definition) is 5. The molecule has 0 aliphatic heterocycles. The molecule has 3 heterocycles. The van der Waals surface area contributed by atoms with Gasteiger partial charge in [-0.1, -0.05) is 91.0 Å². The second kappa shape index (κ2) is 9.97.